The van der Waals surface area contributed by atoms with Crippen molar-refractivity contribution in [3.05, 3.63) is 64.4 Å². The molecular formula is C20H26ClFIN3O3S. The smallest absolute Gasteiger partial charge is 0.191 e. The Balaban J connectivity index is 0.00000450. The summed E-state index contributed by atoms with van der Waals surface area (Å²) in [5, 5.41) is 6.82. The highest BCUT2D eigenvalue weighted by atomic mass is 127. The molecule has 0 aliphatic rings. The number of ether oxygens (including phenoxy) is 1. The molecular weight excluding hydrogens is 544 g/mol. The number of guanidine groups is 1. The third-order valence-corrected chi connectivity index (χ3v) is 4.87. The topological polar surface area (TPSA) is 79.8 Å². The lowest BCUT2D eigenvalue weighted by atomic mass is 10.1. The summed E-state index contributed by atoms with van der Waals surface area (Å²) in [6.45, 7) is 3.59. The van der Waals surface area contributed by atoms with E-state index in [9.17, 15) is 12.8 Å². The molecule has 0 aliphatic heterocycles. The van der Waals surface area contributed by atoms with Crippen LogP contribution < -0.4 is 15.4 Å². The third-order valence-electron chi connectivity index (χ3n) is 3.80. The van der Waals surface area contributed by atoms with Crippen molar-refractivity contribution in [3.63, 3.8) is 0 Å². The Morgan fingerprint density at radius 1 is 1.17 bits per heavy atom. The van der Waals surface area contributed by atoms with Gasteiger partial charge in [-0.3, -0.25) is 0 Å². The molecule has 0 fully saturated rings. The first-order valence-electron chi connectivity index (χ1n) is 9.12. The van der Waals surface area contributed by atoms with Crippen molar-refractivity contribution in [3.8, 4) is 5.75 Å². The molecule has 0 saturated heterocycles. The van der Waals surface area contributed by atoms with Gasteiger partial charge < -0.3 is 15.4 Å². The molecule has 0 spiro atoms. The van der Waals surface area contributed by atoms with Crippen LogP contribution in [0.1, 0.15) is 18.1 Å². The molecule has 2 aromatic rings. The minimum atomic E-state index is -3.24. The van der Waals surface area contributed by atoms with Gasteiger partial charge in [-0.2, -0.15) is 0 Å². The molecule has 0 aromatic heterocycles. The molecule has 0 unspecified atom stereocenters. The van der Waals surface area contributed by atoms with Crippen molar-refractivity contribution >= 4 is 51.4 Å². The molecule has 0 amide bonds. The van der Waals surface area contributed by atoms with Crippen LogP contribution in [0, 0.1) is 5.82 Å². The van der Waals surface area contributed by atoms with Crippen molar-refractivity contribution in [1.82, 2.24) is 10.6 Å². The van der Waals surface area contributed by atoms with Gasteiger partial charge in [-0.05, 0) is 48.4 Å². The van der Waals surface area contributed by atoms with E-state index in [1.165, 1.54) is 18.2 Å². The van der Waals surface area contributed by atoms with E-state index in [4.69, 9.17) is 16.3 Å². The van der Waals surface area contributed by atoms with Crippen LogP contribution in [0.25, 0.3) is 0 Å². The maximum absolute atomic E-state index is 13.6. The fourth-order valence-corrected chi connectivity index (χ4v) is 3.59. The Hall–Kier alpha value is -1.59. The normalized spacial score (nSPS) is 11.5. The second kappa shape index (κ2) is 13.0. The number of benzene rings is 2. The fourth-order valence-electron chi connectivity index (χ4n) is 2.57. The van der Waals surface area contributed by atoms with E-state index < -0.39 is 15.7 Å². The molecule has 0 bridgehead atoms. The minimum absolute atomic E-state index is 0. The minimum Gasteiger partial charge on any atom is -0.492 e. The first kappa shape index (κ1) is 26.4. The molecule has 166 valence electrons. The van der Waals surface area contributed by atoms with Crippen LogP contribution in [0.5, 0.6) is 5.75 Å². The predicted octanol–water partition coefficient (Wildman–Crippen LogP) is 3.78. The molecule has 0 aliphatic carbocycles. The van der Waals surface area contributed by atoms with Gasteiger partial charge in [0.1, 0.15) is 18.2 Å². The van der Waals surface area contributed by atoms with Crippen LogP contribution in [0.2, 0.25) is 5.02 Å². The summed E-state index contributed by atoms with van der Waals surface area (Å²) in [5.41, 5.74) is 1.07. The number of nitrogens with zero attached hydrogens (tertiary/aromatic N) is 1. The number of sulfone groups is 1. The Morgan fingerprint density at radius 2 is 1.93 bits per heavy atom. The first-order valence-corrected chi connectivity index (χ1v) is 11.6. The van der Waals surface area contributed by atoms with Crippen molar-refractivity contribution in [2.24, 2.45) is 4.99 Å². The van der Waals surface area contributed by atoms with Crippen LogP contribution in [0.3, 0.4) is 0 Å². The van der Waals surface area contributed by atoms with Crippen LogP contribution in [-0.4, -0.2) is 40.3 Å². The molecule has 2 rings (SSSR count). The quantitative estimate of drug-likeness (QED) is 0.208. The van der Waals surface area contributed by atoms with Crippen molar-refractivity contribution in [1.29, 1.82) is 0 Å². The van der Waals surface area contributed by atoms with Gasteiger partial charge in [-0.1, -0.05) is 23.7 Å². The molecule has 0 saturated carbocycles. The molecule has 0 heterocycles. The number of hydrogen-bond acceptors (Lipinski definition) is 4. The number of nitrogens with one attached hydrogen (secondary N) is 2. The van der Waals surface area contributed by atoms with E-state index in [-0.39, 0.29) is 36.3 Å². The lowest BCUT2D eigenvalue weighted by Crippen LogP contribution is -2.39. The monoisotopic (exact) mass is 569 g/mol. The van der Waals surface area contributed by atoms with E-state index in [1.807, 2.05) is 19.1 Å². The third kappa shape index (κ3) is 9.94. The number of rotatable bonds is 9. The average Bonchev–Trinajstić information content (AvgIpc) is 2.64. The first-order chi connectivity index (χ1) is 13.8. The Morgan fingerprint density at radius 3 is 2.60 bits per heavy atom. The SMILES string of the molecule is CCNC(=NCc1cc(F)ccc1CS(C)(=O)=O)NCCOc1cccc(Cl)c1.I. The predicted molar refractivity (Wildman–Crippen MR) is 130 cm³/mol. The zero-order chi connectivity index (χ0) is 21.3. The molecule has 2 N–H and O–H groups in total. The maximum atomic E-state index is 13.6. The Labute approximate surface area is 199 Å². The van der Waals surface area contributed by atoms with E-state index in [1.54, 1.807) is 12.1 Å². The second-order valence-electron chi connectivity index (χ2n) is 6.41. The van der Waals surface area contributed by atoms with Crippen LogP contribution >= 0.6 is 35.6 Å². The Bertz CT molecular complexity index is 958. The Kier molecular flexibility index (Phi) is 11.4. The van der Waals surface area contributed by atoms with Gasteiger partial charge in [0.15, 0.2) is 15.8 Å². The maximum Gasteiger partial charge on any atom is 0.191 e. The summed E-state index contributed by atoms with van der Waals surface area (Å²) in [6.07, 6.45) is 1.15. The van der Waals surface area contributed by atoms with Gasteiger partial charge in [0.05, 0.1) is 18.8 Å². The summed E-state index contributed by atoms with van der Waals surface area (Å²) in [5.74, 6) is 0.610. The van der Waals surface area contributed by atoms with Crippen LogP contribution in [0.4, 0.5) is 4.39 Å². The van der Waals surface area contributed by atoms with Gasteiger partial charge in [-0.15, -0.1) is 24.0 Å². The van der Waals surface area contributed by atoms with Gasteiger partial charge in [-0.25, -0.2) is 17.8 Å². The van der Waals surface area contributed by atoms with E-state index >= 15 is 0 Å². The van der Waals surface area contributed by atoms with Crippen molar-refractivity contribution in [2.75, 3.05) is 26.0 Å². The average molecular weight is 570 g/mol. The highest BCUT2D eigenvalue weighted by Crippen LogP contribution is 2.17. The van der Waals surface area contributed by atoms with Crippen LogP contribution in [0.15, 0.2) is 47.5 Å². The molecule has 10 heteroatoms. The summed E-state index contributed by atoms with van der Waals surface area (Å²) in [4.78, 5) is 4.43. The molecule has 30 heavy (non-hydrogen) atoms. The summed E-state index contributed by atoms with van der Waals surface area (Å²) < 4.78 is 42.5. The summed E-state index contributed by atoms with van der Waals surface area (Å²) in [6, 6.07) is 11.2. The summed E-state index contributed by atoms with van der Waals surface area (Å²) in [7, 11) is -3.24. The standard InChI is InChI=1S/C20H25ClFN3O3S.HI/c1-3-23-20(24-9-10-28-19-6-4-5-17(21)12-19)25-13-16-11-18(22)8-7-15(16)14-29(2,26)27;/h4-8,11-12H,3,9-10,13-14H2,1-2H3,(H2,23,24,25);1H. The van der Waals surface area contributed by atoms with E-state index in [2.05, 4.69) is 15.6 Å². The molecule has 2 aromatic carbocycles. The van der Waals surface area contributed by atoms with E-state index in [0.29, 0.717) is 47.6 Å². The van der Waals surface area contributed by atoms with Gasteiger partial charge >= 0.3 is 0 Å². The zero-order valence-corrected chi connectivity index (χ0v) is 20.7. The lowest BCUT2D eigenvalue weighted by molar-refractivity contribution is 0.322. The number of halogens is 3. The summed E-state index contributed by atoms with van der Waals surface area (Å²) >= 11 is 5.92. The lowest BCUT2D eigenvalue weighted by Gasteiger charge is -2.13. The number of hydrogen-bond donors (Lipinski definition) is 2. The molecule has 0 radical (unpaired) electrons. The zero-order valence-electron chi connectivity index (χ0n) is 16.8. The second-order valence-corrected chi connectivity index (χ2v) is 8.99. The van der Waals surface area contributed by atoms with Crippen molar-refractivity contribution < 1.29 is 17.5 Å². The van der Waals surface area contributed by atoms with Gasteiger partial charge in [0.25, 0.3) is 0 Å². The molecule has 6 nitrogen and oxygen atoms in total. The molecule has 0 atom stereocenters. The highest BCUT2D eigenvalue weighted by molar-refractivity contribution is 14.0. The largest absolute Gasteiger partial charge is 0.492 e. The van der Waals surface area contributed by atoms with Gasteiger partial charge in [0, 0.05) is 17.8 Å². The van der Waals surface area contributed by atoms with Crippen molar-refractivity contribution in [2.45, 2.75) is 19.2 Å². The fraction of sp³-hybridized carbons (Fsp3) is 0.350. The van der Waals surface area contributed by atoms with Gasteiger partial charge in [0.2, 0.25) is 0 Å². The number of aliphatic imine (C=N–C) groups is 1. The van der Waals surface area contributed by atoms with Crippen LogP contribution in [-0.2, 0) is 22.1 Å². The highest BCUT2D eigenvalue weighted by Gasteiger charge is 2.11. The van der Waals surface area contributed by atoms with E-state index in [0.717, 1.165) is 6.26 Å².